The van der Waals surface area contributed by atoms with E-state index < -0.39 is 5.97 Å². The van der Waals surface area contributed by atoms with Crippen molar-refractivity contribution in [2.75, 3.05) is 0 Å². The molecule has 1 N–H and O–H groups in total. The molecule has 0 fully saturated rings. The third kappa shape index (κ3) is 16.7. The SMILES string of the molecule is CCCCCC/C=C/C=C\C/C=C\CCCCC(=O)O. The normalized spacial score (nSPS) is 12.1. The Hall–Kier alpha value is -1.31. The summed E-state index contributed by atoms with van der Waals surface area (Å²) in [6.07, 6.45) is 23.3. The van der Waals surface area contributed by atoms with Crippen molar-refractivity contribution in [2.45, 2.75) is 71.1 Å². The van der Waals surface area contributed by atoms with Gasteiger partial charge in [0.25, 0.3) is 0 Å². The molecule has 0 aromatic carbocycles. The number of hydrogen-bond donors (Lipinski definition) is 1. The Morgan fingerprint density at radius 2 is 1.55 bits per heavy atom. The van der Waals surface area contributed by atoms with Gasteiger partial charge < -0.3 is 5.11 Å². The van der Waals surface area contributed by atoms with Gasteiger partial charge in [-0.15, -0.1) is 0 Å². The summed E-state index contributed by atoms with van der Waals surface area (Å²) in [7, 11) is 0. The zero-order chi connectivity index (χ0) is 14.9. The fourth-order valence-corrected chi connectivity index (χ4v) is 1.85. The Bertz CT molecular complexity index is 301. The zero-order valence-electron chi connectivity index (χ0n) is 12.9. The predicted octanol–water partition coefficient (Wildman–Crippen LogP) is 5.66. The Kier molecular flexibility index (Phi) is 14.7. The maximum Gasteiger partial charge on any atom is 0.303 e. The molecule has 2 nitrogen and oxygen atoms in total. The van der Waals surface area contributed by atoms with Gasteiger partial charge in [0, 0.05) is 6.42 Å². The maximum absolute atomic E-state index is 10.3. The van der Waals surface area contributed by atoms with Crippen LogP contribution in [-0.4, -0.2) is 11.1 Å². The molecular weight excluding hydrogens is 248 g/mol. The van der Waals surface area contributed by atoms with Crippen molar-refractivity contribution in [3.8, 4) is 0 Å². The van der Waals surface area contributed by atoms with Crippen molar-refractivity contribution in [2.24, 2.45) is 0 Å². The zero-order valence-corrected chi connectivity index (χ0v) is 12.9. The average molecular weight is 278 g/mol. The molecule has 0 aromatic heterocycles. The minimum atomic E-state index is -0.696. The number of aliphatic carboxylic acids is 1. The second-order valence-corrected chi connectivity index (χ2v) is 5.05. The highest BCUT2D eigenvalue weighted by Crippen LogP contribution is 2.03. The molecule has 114 valence electrons. The van der Waals surface area contributed by atoms with Gasteiger partial charge in [0.2, 0.25) is 0 Å². The van der Waals surface area contributed by atoms with Crippen LogP contribution in [0.3, 0.4) is 0 Å². The van der Waals surface area contributed by atoms with Gasteiger partial charge in [-0.2, -0.15) is 0 Å². The Labute approximate surface area is 124 Å². The number of carboxylic acid groups (broad SMARTS) is 1. The standard InChI is InChI=1S/C18H30O2/c1-2-3-4-5-6-7-8-9-10-11-12-13-14-15-16-17-18(19)20/h7-10,12-13H,2-6,11,14-17H2,1H3,(H,19,20)/b8-7+,10-9-,13-12-. The first-order valence-corrected chi connectivity index (χ1v) is 7.95. The second kappa shape index (κ2) is 15.7. The van der Waals surface area contributed by atoms with E-state index in [-0.39, 0.29) is 6.42 Å². The van der Waals surface area contributed by atoms with E-state index in [1.165, 1.54) is 32.1 Å². The van der Waals surface area contributed by atoms with E-state index in [1.807, 2.05) is 0 Å². The number of carboxylic acids is 1. The third-order valence-electron chi connectivity index (χ3n) is 3.06. The van der Waals surface area contributed by atoms with E-state index in [2.05, 4.69) is 43.4 Å². The van der Waals surface area contributed by atoms with Crippen LogP contribution in [0.2, 0.25) is 0 Å². The molecule has 20 heavy (non-hydrogen) atoms. The lowest BCUT2D eigenvalue weighted by atomic mass is 10.1. The molecule has 0 aromatic rings. The first kappa shape index (κ1) is 18.7. The monoisotopic (exact) mass is 278 g/mol. The summed E-state index contributed by atoms with van der Waals surface area (Å²) >= 11 is 0. The molecule has 0 aliphatic rings. The van der Waals surface area contributed by atoms with Gasteiger partial charge in [0.1, 0.15) is 0 Å². The van der Waals surface area contributed by atoms with Crippen molar-refractivity contribution in [3.63, 3.8) is 0 Å². The fourth-order valence-electron chi connectivity index (χ4n) is 1.85. The minimum absolute atomic E-state index is 0.288. The number of carbonyl (C=O) groups is 1. The van der Waals surface area contributed by atoms with E-state index in [4.69, 9.17) is 5.11 Å². The number of hydrogen-bond acceptors (Lipinski definition) is 1. The number of rotatable bonds is 13. The summed E-state index contributed by atoms with van der Waals surface area (Å²) in [4.78, 5) is 10.3. The molecule has 0 spiro atoms. The summed E-state index contributed by atoms with van der Waals surface area (Å²) < 4.78 is 0. The minimum Gasteiger partial charge on any atom is -0.481 e. The van der Waals surface area contributed by atoms with Crippen molar-refractivity contribution in [3.05, 3.63) is 36.5 Å². The Balaban J connectivity index is 3.33. The number of allylic oxidation sites excluding steroid dienone is 6. The lowest BCUT2D eigenvalue weighted by Gasteiger charge is -1.93. The van der Waals surface area contributed by atoms with Crippen LogP contribution in [0.4, 0.5) is 0 Å². The van der Waals surface area contributed by atoms with Crippen LogP contribution in [0.1, 0.15) is 71.1 Å². The second-order valence-electron chi connectivity index (χ2n) is 5.05. The Morgan fingerprint density at radius 1 is 0.850 bits per heavy atom. The van der Waals surface area contributed by atoms with Gasteiger partial charge >= 0.3 is 5.97 Å². The van der Waals surface area contributed by atoms with Gasteiger partial charge in [-0.25, -0.2) is 0 Å². The Morgan fingerprint density at radius 3 is 2.30 bits per heavy atom. The molecule has 0 aliphatic carbocycles. The van der Waals surface area contributed by atoms with Crippen LogP contribution >= 0.6 is 0 Å². The lowest BCUT2D eigenvalue weighted by Crippen LogP contribution is -1.92. The highest BCUT2D eigenvalue weighted by molar-refractivity contribution is 5.66. The van der Waals surface area contributed by atoms with Crippen LogP contribution in [0.15, 0.2) is 36.5 Å². The van der Waals surface area contributed by atoms with Gasteiger partial charge in [-0.1, -0.05) is 62.6 Å². The molecule has 0 aliphatic heterocycles. The number of unbranched alkanes of at least 4 members (excludes halogenated alkanes) is 6. The van der Waals surface area contributed by atoms with Gasteiger partial charge in [-0.3, -0.25) is 4.79 Å². The van der Waals surface area contributed by atoms with E-state index in [1.54, 1.807) is 0 Å². The quantitative estimate of drug-likeness (QED) is 0.268. The fraction of sp³-hybridized carbons (Fsp3) is 0.611. The molecule has 0 rings (SSSR count). The molecule has 0 radical (unpaired) electrons. The summed E-state index contributed by atoms with van der Waals surface area (Å²) in [6.45, 7) is 2.23. The van der Waals surface area contributed by atoms with E-state index in [0.29, 0.717) is 0 Å². The molecule has 0 saturated heterocycles. The van der Waals surface area contributed by atoms with Crippen molar-refractivity contribution in [1.29, 1.82) is 0 Å². The maximum atomic E-state index is 10.3. The third-order valence-corrected chi connectivity index (χ3v) is 3.06. The van der Waals surface area contributed by atoms with E-state index >= 15 is 0 Å². The molecule has 0 heterocycles. The highest BCUT2D eigenvalue weighted by Gasteiger charge is 1.93. The summed E-state index contributed by atoms with van der Waals surface area (Å²) in [5, 5.41) is 8.48. The van der Waals surface area contributed by atoms with Crippen LogP contribution in [0.25, 0.3) is 0 Å². The highest BCUT2D eigenvalue weighted by atomic mass is 16.4. The van der Waals surface area contributed by atoms with Crippen molar-refractivity contribution in [1.82, 2.24) is 0 Å². The summed E-state index contributed by atoms with van der Waals surface area (Å²) in [5.41, 5.74) is 0. The van der Waals surface area contributed by atoms with Gasteiger partial charge in [-0.05, 0) is 38.5 Å². The van der Waals surface area contributed by atoms with Gasteiger partial charge in [0.05, 0.1) is 0 Å². The molecular formula is C18H30O2. The molecule has 2 heteroatoms. The van der Waals surface area contributed by atoms with Crippen molar-refractivity contribution < 1.29 is 9.90 Å². The molecule has 0 unspecified atom stereocenters. The molecule has 0 saturated carbocycles. The molecule has 0 bridgehead atoms. The molecule has 0 atom stereocenters. The van der Waals surface area contributed by atoms with E-state index in [0.717, 1.165) is 25.7 Å². The first-order chi connectivity index (χ1) is 9.77. The predicted molar refractivity (Wildman–Crippen MR) is 86.9 cm³/mol. The smallest absolute Gasteiger partial charge is 0.303 e. The molecule has 0 amide bonds. The van der Waals surface area contributed by atoms with Crippen LogP contribution in [0.5, 0.6) is 0 Å². The topological polar surface area (TPSA) is 37.3 Å². The summed E-state index contributed by atoms with van der Waals surface area (Å²) in [6, 6.07) is 0. The largest absolute Gasteiger partial charge is 0.481 e. The summed E-state index contributed by atoms with van der Waals surface area (Å²) in [5.74, 6) is -0.696. The average Bonchev–Trinajstić information content (AvgIpc) is 2.43. The van der Waals surface area contributed by atoms with Gasteiger partial charge in [0.15, 0.2) is 0 Å². The van der Waals surface area contributed by atoms with Crippen molar-refractivity contribution >= 4 is 5.97 Å². The van der Waals surface area contributed by atoms with Crippen LogP contribution in [-0.2, 0) is 4.79 Å². The lowest BCUT2D eigenvalue weighted by molar-refractivity contribution is -0.137. The van der Waals surface area contributed by atoms with Crippen LogP contribution < -0.4 is 0 Å². The first-order valence-electron chi connectivity index (χ1n) is 7.95. The van der Waals surface area contributed by atoms with E-state index in [9.17, 15) is 4.79 Å². The van der Waals surface area contributed by atoms with Crippen LogP contribution in [0, 0.1) is 0 Å².